The zero-order valence-corrected chi connectivity index (χ0v) is 9.47. The number of rotatable bonds is 3. The molecule has 0 amide bonds. The lowest BCUT2D eigenvalue weighted by molar-refractivity contribution is 0.415. The molecule has 0 aliphatic heterocycles. The number of anilines is 2. The molecule has 2 rings (SSSR count). The van der Waals surface area contributed by atoms with Crippen molar-refractivity contribution in [1.82, 2.24) is 0 Å². The van der Waals surface area contributed by atoms with Crippen molar-refractivity contribution in [3.8, 4) is 11.8 Å². The summed E-state index contributed by atoms with van der Waals surface area (Å²) < 4.78 is 5.25. The molecule has 0 fully saturated rings. The van der Waals surface area contributed by atoms with Gasteiger partial charge < -0.3 is 10.1 Å². The lowest BCUT2D eigenvalue weighted by Gasteiger charge is -2.11. The Balaban J connectivity index is 2.37. The van der Waals surface area contributed by atoms with Gasteiger partial charge in [-0.2, -0.15) is 5.26 Å². The van der Waals surface area contributed by atoms with Gasteiger partial charge in [0.2, 0.25) is 0 Å². The summed E-state index contributed by atoms with van der Waals surface area (Å²) in [7, 11) is 1.56. The van der Waals surface area contributed by atoms with E-state index in [1.807, 2.05) is 42.5 Å². The van der Waals surface area contributed by atoms with Crippen LogP contribution in [0.5, 0.6) is 5.75 Å². The normalized spacial score (nSPS) is 9.41. The summed E-state index contributed by atoms with van der Waals surface area (Å²) in [6, 6.07) is 17.3. The summed E-state index contributed by atoms with van der Waals surface area (Å²) in [6.07, 6.45) is 0. The van der Waals surface area contributed by atoms with E-state index >= 15 is 0 Å². The van der Waals surface area contributed by atoms with E-state index in [0.29, 0.717) is 11.3 Å². The average molecular weight is 224 g/mol. The van der Waals surface area contributed by atoms with Gasteiger partial charge in [-0.25, -0.2) is 0 Å². The van der Waals surface area contributed by atoms with E-state index in [0.717, 1.165) is 11.4 Å². The van der Waals surface area contributed by atoms with Crippen LogP contribution in [0, 0.1) is 11.3 Å². The second-order valence-electron chi connectivity index (χ2n) is 3.49. The molecule has 2 aromatic rings. The van der Waals surface area contributed by atoms with E-state index in [-0.39, 0.29) is 0 Å². The second-order valence-corrected chi connectivity index (χ2v) is 3.49. The minimum atomic E-state index is 0.522. The van der Waals surface area contributed by atoms with Crippen LogP contribution < -0.4 is 10.1 Å². The Kier molecular flexibility index (Phi) is 3.27. The summed E-state index contributed by atoms with van der Waals surface area (Å²) in [5.41, 5.74) is 2.27. The van der Waals surface area contributed by atoms with Gasteiger partial charge in [-0.05, 0) is 24.3 Å². The molecule has 0 aliphatic rings. The Hall–Kier alpha value is -2.47. The number of nitrogens with one attached hydrogen (secondary N) is 1. The fourth-order valence-electron chi connectivity index (χ4n) is 1.62. The molecule has 3 nitrogen and oxygen atoms in total. The third-order valence-corrected chi connectivity index (χ3v) is 2.39. The average Bonchev–Trinajstić information content (AvgIpc) is 2.39. The van der Waals surface area contributed by atoms with E-state index in [1.54, 1.807) is 13.2 Å². The van der Waals surface area contributed by atoms with Crippen LogP contribution in [-0.2, 0) is 0 Å². The van der Waals surface area contributed by atoms with E-state index in [2.05, 4.69) is 11.4 Å². The van der Waals surface area contributed by atoms with Gasteiger partial charge in [-0.1, -0.05) is 24.3 Å². The number of benzene rings is 2. The summed E-state index contributed by atoms with van der Waals surface area (Å²) >= 11 is 0. The first-order chi connectivity index (χ1) is 8.35. The molecule has 2 aromatic carbocycles. The quantitative estimate of drug-likeness (QED) is 0.869. The van der Waals surface area contributed by atoms with Crippen LogP contribution in [0.2, 0.25) is 0 Å². The van der Waals surface area contributed by atoms with E-state index in [4.69, 9.17) is 10.00 Å². The van der Waals surface area contributed by atoms with Gasteiger partial charge in [-0.15, -0.1) is 0 Å². The standard InChI is InChI=1S/C14H12N2O/c1-17-14-11(10-15)6-5-9-13(14)16-12-7-3-2-4-8-12/h2-9,16H,1H3. The van der Waals surface area contributed by atoms with Crippen LogP contribution >= 0.6 is 0 Å². The van der Waals surface area contributed by atoms with Gasteiger partial charge >= 0.3 is 0 Å². The highest BCUT2D eigenvalue weighted by atomic mass is 16.5. The Labute approximate surface area is 100 Å². The molecular formula is C14H12N2O. The molecule has 0 heterocycles. The van der Waals surface area contributed by atoms with Crippen molar-refractivity contribution < 1.29 is 4.74 Å². The number of para-hydroxylation sites is 2. The smallest absolute Gasteiger partial charge is 0.160 e. The number of nitrogens with zero attached hydrogens (tertiary/aromatic N) is 1. The minimum absolute atomic E-state index is 0.522. The van der Waals surface area contributed by atoms with Crippen LogP contribution in [-0.4, -0.2) is 7.11 Å². The highest BCUT2D eigenvalue weighted by Gasteiger charge is 2.08. The van der Waals surface area contributed by atoms with E-state index < -0.39 is 0 Å². The largest absolute Gasteiger partial charge is 0.493 e. The SMILES string of the molecule is COc1c(C#N)cccc1Nc1ccccc1. The molecule has 0 atom stereocenters. The van der Waals surface area contributed by atoms with Crippen molar-refractivity contribution in [3.63, 3.8) is 0 Å². The molecular weight excluding hydrogens is 212 g/mol. The van der Waals surface area contributed by atoms with Crippen LogP contribution in [0.3, 0.4) is 0 Å². The van der Waals surface area contributed by atoms with Crippen molar-refractivity contribution in [2.75, 3.05) is 12.4 Å². The Bertz CT molecular complexity index is 544. The number of nitriles is 1. The zero-order chi connectivity index (χ0) is 12.1. The fourth-order valence-corrected chi connectivity index (χ4v) is 1.62. The predicted molar refractivity (Wildman–Crippen MR) is 67.4 cm³/mol. The summed E-state index contributed by atoms with van der Waals surface area (Å²) in [5, 5.41) is 12.2. The topological polar surface area (TPSA) is 45.0 Å². The summed E-state index contributed by atoms with van der Waals surface area (Å²) in [4.78, 5) is 0. The maximum Gasteiger partial charge on any atom is 0.160 e. The van der Waals surface area contributed by atoms with Crippen molar-refractivity contribution >= 4 is 11.4 Å². The minimum Gasteiger partial charge on any atom is -0.493 e. The van der Waals surface area contributed by atoms with Gasteiger partial charge in [0.1, 0.15) is 6.07 Å². The first-order valence-corrected chi connectivity index (χ1v) is 5.24. The third kappa shape index (κ3) is 2.37. The van der Waals surface area contributed by atoms with Crippen molar-refractivity contribution in [2.45, 2.75) is 0 Å². The van der Waals surface area contributed by atoms with Gasteiger partial charge in [0.25, 0.3) is 0 Å². The van der Waals surface area contributed by atoms with Gasteiger partial charge in [0.15, 0.2) is 5.75 Å². The number of hydrogen-bond acceptors (Lipinski definition) is 3. The van der Waals surface area contributed by atoms with Crippen LogP contribution in [0.1, 0.15) is 5.56 Å². The molecule has 1 N–H and O–H groups in total. The molecule has 0 spiro atoms. The monoisotopic (exact) mass is 224 g/mol. The molecule has 0 radical (unpaired) electrons. The molecule has 0 saturated carbocycles. The predicted octanol–water partition coefficient (Wildman–Crippen LogP) is 3.31. The molecule has 0 bridgehead atoms. The molecule has 3 heteroatoms. The molecule has 84 valence electrons. The van der Waals surface area contributed by atoms with Crippen LogP contribution in [0.25, 0.3) is 0 Å². The van der Waals surface area contributed by atoms with E-state index in [1.165, 1.54) is 0 Å². The van der Waals surface area contributed by atoms with Crippen molar-refractivity contribution in [1.29, 1.82) is 5.26 Å². The third-order valence-electron chi connectivity index (χ3n) is 2.39. The lowest BCUT2D eigenvalue weighted by Crippen LogP contribution is -1.96. The number of hydrogen-bond donors (Lipinski definition) is 1. The summed E-state index contributed by atoms with van der Waals surface area (Å²) in [6.45, 7) is 0. The number of ether oxygens (including phenoxy) is 1. The highest BCUT2D eigenvalue weighted by Crippen LogP contribution is 2.30. The molecule has 0 saturated heterocycles. The molecule has 0 aliphatic carbocycles. The van der Waals surface area contributed by atoms with Gasteiger partial charge in [0, 0.05) is 5.69 Å². The van der Waals surface area contributed by atoms with Crippen molar-refractivity contribution in [2.24, 2.45) is 0 Å². The summed E-state index contributed by atoms with van der Waals surface area (Å²) in [5.74, 6) is 0.568. The molecule has 0 aromatic heterocycles. The molecule has 0 unspecified atom stereocenters. The Morgan fingerprint density at radius 1 is 1.06 bits per heavy atom. The zero-order valence-electron chi connectivity index (χ0n) is 9.47. The first kappa shape index (κ1) is 11.0. The lowest BCUT2D eigenvalue weighted by atomic mass is 10.2. The Morgan fingerprint density at radius 3 is 2.47 bits per heavy atom. The Morgan fingerprint density at radius 2 is 1.82 bits per heavy atom. The maximum absolute atomic E-state index is 8.98. The van der Waals surface area contributed by atoms with Crippen LogP contribution in [0.15, 0.2) is 48.5 Å². The molecule has 17 heavy (non-hydrogen) atoms. The van der Waals surface area contributed by atoms with E-state index in [9.17, 15) is 0 Å². The van der Waals surface area contributed by atoms with Gasteiger partial charge in [0.05, 0.1) is 18.4 Å². The number of methoxy groups -OCH3 is 1. The maximum atomic E-state index is 8.98. The van der Waals surface area contributed by atoms with Crippen LogP contribution in [0.4, 0.5) is 11.4 Å². The van der Waals surface area contributed by atoms with Gasteiger partial charge in [-0.3, -0.25) is 0 Å². The fraction of sp³-hybridized carbons (Fsp3) is 0.0714. The highest BCUT2D eigenvalue weighted by molar-refractivity contribution is 5.69. The van der Waals surface area contributed by atoms with Crippen molar-refractivity contribution in [3.05, 3.63) is 54.1 Å². The first-order valence-electron chi connectivity index (χ1n) is 5.24. The second kappa shape index (κ2) is 5.04.